The second-order valence-corrected chi connectivity index (χ2v) is 5.43. The first-order valence-electron chi connectivity index (χ1n) is 6.48. The highest BCUT2D eigenvalue weighted by Gasteiger charge is 2.16. The lowest BCUT2D eigenvalue weighted by Crippen LogP contribution is -2.16. The van der Waals surface area contributed by atoms with E-state index in [1.165, 1.54) is 0 Å². The number of halogens is 1. The number of nitrogens with one attached hydrogen (secondary N) is 1. The summed E-state index contributed by atoms with van der Waals surface area (Å²) in [7, 11) is 0. The number of rotatable bonds is 3. The third-order valence-corrected chi connectivity index (χ3v) is 3.42. The summed E-state index contributed by atoms with van der Waals surface area (Å²) in [5.74, 6) is -0.0390. The molecule has 3 aromatic rings. The fourth-order valence-electron chi connectivity index (χ4n) is 1.92. The zero-order valence-electron chi connectivity index (χ0n) is 11.4. The van der Waals surface area contributed by atoms with Crippen molar-refractivity contribution < 1.29 is 4.79 Å². The van der Waals surface area contributed by atoms with Crippen LogP contribution in [0, 0.1) is 0 Å². The van der Waals surface area contributed by atoms with E-state index in [-0.39, 0.29) is 17.8 Å². The molecule has 0 fully saturated rings. The second kappa shape index (κ2) is 5.98. The van der Waals surface area contributed by atoms with E-state index in [9.17, 15) is 4.79 Å². The number of nitrogens with two attached hydrogens (primary N) is 1. The Morgan fingerprint density at radius 1 is 1.14 bits per heavy atom. The molecular formula is C15H12BrN5O. The summed E-state index contributed by atoms with van der Waals surface area (Å²) in [5.41, 5.74) is 7.07. The molecule has 0 aliphatic heterocycles. The first kappa shape index (κ1) is 14.3. The van der Waals surface area contributed by atoms with Crippen LogP contribution in [-0.2, 0) is 0 Å². The quantitative estimate of drug-likeness (QED) is 0.752. The van der Waals surface area contributed by atoms with Gasteiger partial charge < -0.3 is 11.1 Å². The molecule has 0 aliphatic carbocycles. The molecule has 0 saturated heterocycles. The topological polar surface area (TPSA) is 85.8 Å². The van der Waals surface area contributed by atoms with E-state index in [0.29, 0.717) is 5.56 Å². The molecule has 2 aromatic carbocycles. The van der Waals surface area contributed by atoms with Crippen LogP contribution in [0.2, 0.25) is 0 Å². The minimum absolute atomic E-state index is 0.0309. The Labute approximate surface area is 135 Å². The first-order chi connectivity index (χ1) is 10.6. The highest BCUT2D eigenvalue weighted by atomic mass is 79.9. The third-order valence-electron chi connectivity index (χ3n) is 2.93. The molecule has 3 rings (SSSR count). The molecule has 7 heteroatoms. The van der Waals surface area contributed by atoms with Crippen molar-refractivity contribution in [1.82, 2.24) is 14.8 Å². The Kier molecular flexibility index (Phi) is 3.88. The van der Waals surface area contributed by atoms with Gasteiger partial charge in [-0.1, -0.05) is 40.2 Å². The number of carbonyl (C=O) groups excluding carboxylic acids is 1. The molecule has 0 aliphatic rings. The molecule has 0 atom stereocenters. The van der Waals surface area contributed by atoms with Gasteiger partial charge in [0.25, 0.3) is 5.91 Å². The Morgan fingerprint density at radius 2 is 1.91 bits per heavy atom. The lowest BCUT2D eigenvalue weighted by molar-refractivity contribution is 0.0948. The molecule has 1 aromatic heterocycles. The minimum atomic E-state index is -0.340. The van der Waals surface area contributed by atoms with Crippen molar-refractivity contribution in [2.45, 2.75) is 0 Å². The highest BCUT2D eigenvalue weighted by Crippen LogP contribution is 2.16. The van der Waals surface area contributed by atoms with E-state index < -0.39 is 0 Å². The van der Waals surface area contributed by atoms with Gasteiger partial charge in [-0.3, -0.25) is 4.79 Å². The van der Waals surface area contributed by atoms with Crippen LogP contribution in [0.5, 0.6) is 0 Å². The normalized spacial score (nSPS) is 10.4. The van der Waals surface area contributed by atoms with Crippen molar-refractivity contribution in [3.63, 3.8) is 0 Å². The smallest absolute Gasteiger partial charge is 0.281 e. The van der Waals surface area contributed by atoms with Crippen molar-refractivity contribution in [3.05, 3.63) is 64.6 Å². The summed E-state index contributed by atoms with van der Waals surface area (Å²) in [6.07, 6.45) is 0. The van der Waals surface area contributed by atoms with Gasteiger partial charge in [0.1, 0.15) is 0 Å². The van der Waals surface area contributed by atoms with Crippen LogP contribution in [0.25, 0.3) is 0 Å². The second-order valence-electron chi connectivity index (χ2n) is 4.51. The van der Waals surface area contributed by atoms with Gasteiger partial charge in [-0.2, -0.15) is 9.67 Å². The number of carbonyl (C=O) groups is 1. The van der Waals surface area contributed by atoms with Gasteiger partial charge in [0, 0.05) is 15.7 Å². The Morgan fingerprint density at radius 3 is 2.64 bits per heavy atom. The molecule has 0 saturated carbocycles. The number of aromatic nitrogens is 3. The van der Waals surface area contributed by atoms with Crippen molar-refractivity contribution in [3.8, 4) is 0 Å². The van der Waals surface area contributed by atoms with Gasteiger partial charge >= 0.3 is 0 Å². The third kappa shape index (κ3) is 2.99. The van der Waals surface area contributed by atoms with Crippen molar-refractivity contribution >= 4 is 39.4 Å². The number of nitrogen functional groups attached to an aromatic ring is 1. The van der Waals surface area contributed by atoms with Crippen molar-refractivity contribution in [2.75, 3.05) is 11.1 Å². The van der Waals surface area contributed by atoms with Crippen molar-refractivity contribution in [1.29, 1.82) is 0 Å². The molecular weight excluding hydrogens is 346 g/mol. The molecule has 0 unspecified atom stereocenters. The van der Waals surface area contributed by atoms with Gasteiger partial charge in [0.05, 0.1) is 0 Å². The summed E-state index contributed by atoms with van der Waals surface area (Å²) >= 11 is 3.33. The molecule has 22 heavy (non-hydrogen) atoms. The van der Waals surface area contributed by atoms with Crippen LogP contribution in [0.1, 0.15) is 10.4 Å². The molecule has 0 spiro atoms. The molecule has 0 amide bonds. The maximum Gasteiger partial charge on any atom is 0.281 e. The zero-order valence-corrected chi connectivity index (χ0v) is 13.0. The number of nitrogens with zero attached hydrogens (tertiary/aromatic N) is 3. The fraction of sp³-hybridized carbons (Fsp3) is 0. The Bertz CT molecular complexity index is 816. The fourth-order valence-corrected chi connectivity index (χ4v) is 2.32. The summed E-state index contributed by atoms with van der Waals surface area (Å²) in [4.78, 5) is 16.5. The molecule has 0 bridgehead atoms. The van der Waals surface area contributed by atoms with E-state index in [4.69, 9.17) is 5.73 Å². The van der Waals surface area contributed by atoms with Crippen molar-refractivity contribution in [2.24, 2.45) is 0 Å². The maximum atomic E-state index is 12.4. The van der Waals surface area contributed by atoms with Gasteiger partial charge in [-0.05, 0) is 30.3 Å². The number of benzene rings is 2. The lowest BCUT2D eigenvalue weighted by atomic mass is 10.2. The Balaban J connectivity index is 1.88. The number of anilines is 3. The van der Waals surface area contributed by atoms with E-state index in [0.717, 1.165) is 14.8 Å². The van der Waals surface area contributed by atoms with E-state index in [1.54, 1.807) is 18.2 Å². The predicted molar refractivity (Wildman–Crippen MR) is 88.0 cm³/mol. The standard InChI is InChI=1S/C15H12BrN5O/c16-11-6-4-5-10(9-11)13(22)21-14(17)19-15(20-21)18-12-7-2-1-3-8-12/h1-9H,(H3,17,18,19,20). The Hall–Kier alpha value is -2.67. The summed E-state index contributed by atoms with van der Waals surface area (Å²) < 4.78 is 1.88. The monoisotopic (exact) mass is 357 g/mol. The average molecular weight is 358 g/mol. The van der Waals surface area contributed by atoms with Crippen LogP contribution in [0.4, 0.5) is 17.6 Å². The highest BCUT2D eigenvalue weighted by molar-refractivity contribution is 9.10. The molecule has 1 heterocycles. The van der Waals surface area contributed by atoms with Gasteiger partial charge in [-0.15, -0.1) is 5.10 Å². The first-order valence-corrected chi connectivity index (χ1v) is 7.27. The average Bonchev–Trinajstić information content (AvgIpc) is 2.88. The summed E-state index contributed by atoms with van der Waals surface area (Å²) in [6.45, 7) is 0. The largest absolute Gasteiger partial charge is 0.368 e. The van der Waals surface area contributed by atoms with E-state index >= 15 is 0 Å². The van der Waals surface area contributed by atoms with Crippen LogP contribution in [0.15, 0.2) is 59.1 Å². The number of hydrogen-bond donors (Lipinski definition) is 2. The molecule has 6 nitrogen and oxygen atoms in total. The molecule has 3 N–H and O–H groups in total. The maximum absolute atomic E-state index is 12.4. The van der Waals surface area contributed by atoms with E-state index in [1.807, 2.05) is 36.4 Å². The SMILES string of the molecule is Nc1nc(Nc2ccccc2)nn1C(=O)c1cccc(Br)c1. The summed E-state index contributed by atoms with van der Waals surface area (Å²) in [5, 5.41) is 7.11. The van der Waals surface area contributed by atoms with Crippen LogP contribution < -0.4 is 11.1 Å². The van der Waals surface area contributed by atoms with Crippen LogP contribution in [0.3, 0.4) is 0 Å². The summed E-state index contributed by atoms with van der Waals surface area (Å²) in [6, 6.07) is 16.4. The van der Waals surface area contributed by atoms with E-state index in [2.05, 4.69) is 31.3 Å². The minimum Gasteiger partial charge on any atom is -0.368 e. The number of para-hydroxylation sites is 1. The van der Waals surface area contributed by atoms with Gasteiger partial charge in [0.2, 0.25) is 11.9 Å². The predicted octanol–water partition coefficient (Wildman–Crippen LogP) is 3.05. The van der Waals surface area contributed by atoms with Crippen LogP contribution in [-0.4, -0.2) is 20.7 Å². The lowest BCUT2D eigenvalue weighted by Gasteiger charge is -2.02. The van der Waals surface area contributed by atoms with Crippen LogP contribution >= 0.6 is 15.9 Å². The van der Waals surface area contributed by atoms with Gasteiger partial charge in [0.15, 0.2) is 0 Å². The number of hydrogen-bond acceptors (Lipinski definition) is 5. The molecule has 0 radical (unpaired) electrons. The molecule has 110 valence electrons. The van der Waals surface area contributed by atoms with Gasteiger partial charge in [-0.25, -0.2) is 0 Å². The zero-order chi connectivity index (χ0) is 15.5.